The van der Waals surface area contributed by atoms with Crippen molar-refractivity contribution in [1.82, 2.24) is 15.0 Å². The highest BCUT2D eigenvalue weighted by Crippen LogP contribution is 2.11. The largest absolute Gasteiger partial charge is 0.370 e. The number of nitrogens with two attached hydrogens (primary N) is 1. The Balaban J connectivity index is 1.71. The van der Waals surface area contributed by atoms with Gasteiger partial charge in [0.25, 0.3) is 0 Å². The second kappa shape index (κ2) is 7.52. The number of thioether (sulfide) groups is 1. The molecule has 0 aromatic carbocycles. The Labute approximate surface area is 124 Å². The van der Waals surface area contributed by atoms with Crippen molar-refractivity contribution < 1.29 is 4.52 Å². The van der Waals surface area contributed by atoms with E-state index < -0.39 is 0 Å². The molecule has 1 aliphatic heterocycles. The molecule has 1 aromatic heterocycles. The Hall–Kier alpha value is -1.24. The molecule has 0 saturated carbocycles. The van der Waals surface area contributed by atoms with E-state index in [9.17, 15) is 0 Å². The summed E-state index contributed by atoms with van der Waals surface area (Å²) in [5.41, 5.74) is 5.99. The summed E-state index contributed by atoms with van der Waals surface area (Å²) in [4.78, 5) is 10.9. The van der Waals surface area contributed by atoms with Crippen LogP contribution >= 0.6 is 11.8 Å². The number of rotatable bonds is 5. The second-order valence-electron chi connectivity index (χ2n) is 5.14. The van der Waals surface area contributed by atoms with E-state index in [0.29, 0.717) is 24.3 Å². The Morgan fingerprint density at radius 3 is 2.85 bits per heavy atom. The zero-order valence-electron chi connectivity index (χ0n) is 12.2. The van der Waals surface area contributed by atoms with E-state index in [1.165, 1.54) is 0 Å². The lowest BCUT2D eigenvalue weighted by Gasteiger charge is -2.27. The highest BCUT2D eigenvalue weighted by Gasteiger charge is 2.12. The standard InChI is InChI=1S/C13H23N5OS/c1-10(2)12-16-11(19-17-12)4-3-5-15-13(14)18-6-8-20-9-7-18/h10H,3-9H2,1-2H3,(H2,14,15). The van der Waals surface area contributed by atoms with Gasteiger partial charge in [-0.2, -0.15) is 16.7 Å². The maximum atomic E-state index is 5.99. The number of aryl methyl sites for hydroxylation is 1. The predicted molar refractivity (Wildman–Crippen MR) is 82.1 cm³/mol. The van der Waals surface area contributed by atoms with Gasteiger partial charge >= 0.3 is 0 Å². The molecule has 0 radical (unpaired) electrons. The molecule has 2 N–H and O–H groups in total. The van der Waals surface area contributed by atoms with Gasteiger partial charge in [-0.25, -0.2) is 0 Å². The molecule has 0 aliphatic carbocycles. The summed E-state index contributed by atoms with van der Waals surface area (Å²) in [6, 6.07) is 0. The number of hydrogen-bond acceptors (Lipinski definition) is 5. The van der Waals surface area contributed by atoms with Crippen LogP contribution in [0.2, 0.25) is 0 Å². The fraction of sp³-hybridized carbons (Fsp3) is 0.769. The van der Waals surface area contributed by atoms with Crippen molar-refractivity contribution in [2.24, 2.45) is 10.7 Å². The first-order chi connectivity index (χ1) is 9.66. The van der Waals surface area contributed by atoms with Crippen molar-refractivity contribution in [3.05, 3.63) is 11.7 Å². The Morgan fingerprint density at radius 1 is 1.45 bits per heavy atom. The minimum absolute atomic E-state index is 0.304. The van der Waals surface area contributed by atoms with Gasteiger partial charge in [0.1, 0.15) is 0 Å². The lowest BCUT2D eigenvalue weighted by atomic mass is 10.2. The number of guanidine groups is 1. The third-order valence-corrected chi connectivity index (χ3v) is 4.10. The van der Waals surface area contributed by atoms with Crippen LogP contribution < -0.4 is 5.73 Å². The predicted octanol–water partition coefficient (Wildman–Crippen LogP) is 1.49. The first-order valence-electron chi connectivity index (χ1n) is 7.12. The molecule has 0 bridgehead atoms. The fourth-order valence-corrected chi connectivity index (χ4v) is 2.82. The van der Waals surface area contributed by atoms with Gasteiger partial charge in [-0.15, -0.1) is 0 Å². The molecule has 6 nitrogen and oxygen atoms in total. The quantitative estimate of drug-likeness (QED) is 0.504. The molecular weight excluding hydrogens is 274 g/mol. The van der Waals surface area contributed by atoms with E-state index in [4.69, 9.17) is 10.3 Å². The summed E-state index contributed by atoms with van der Waals surface area (Å²) in [7, 11) is 0. The van der Waals surface area contributed by atoms with Crippen LogP contribution in [0, 0.1) is 0 Å². The van der Waals surface area contributed by atoms with E-state index >= 15 is 0 Å². The molecule has 2 heterocycles. The van der Waals surface area contributed by atoms with Crippen molar-refractivity contribution in [3.63, 3.8) is 0 Å². The minimum atomic E-state index is 0.304. The van der Waals surface area contributed by atoms with Gasteiger partial charge in [-0.3, -0.25) is 4.99 Å². The zero-order chi connectivity index (χ0) is 14.4. The van der Waals surface area contributed by atoms with Gasteiger partial charge in [0, 0.05) is 43.5 Å². The molecule has 1 saturated heterocycles. The average molecular weight is 297 g/mol. The number of aliphatic imine (C=N–C) groups is 1. The summed E-state index contributed by atoms with van der Waals surface area (Å²) in [5.74, 6) is 4.70. The highest BCUT2D eigenvalue weighted by molar-refractivity contribution is 7.99. The van der Waals surface area contributed by atoms with Gasteiger partial charge in [0.15, 0.2) is 11.8 Å². The number of nitrogens with zero attached hydrogens (tertiary/aromatic N) is 4. The molecule has 0 spiro atoms. The van der Waals surface area contributed by atoms with E-state index in [2.05, 4.69) is 33.9 Å². The maximum absolute atomic E-state index is 5.99. The third kappa shape index (κ3) is 4.40. The minimum Gasteiger partial charge on any atom is -0.370 e. The van der Waals surface area contributed by atoms with Crippen LogP contribution in [0.25, 0.3) is 0 Å². The van der Waals surface area contributed by atoms with E-state index in [1.807, 2.05) is 11.8 Å². The van der Waals surface area contributed by atoms with Gasteiger partial charge in [0.2, 0.25) is 5.89 Å². The normalized spacial score (nSPS) is 16.9. The van der Waals surface area contributed by atoms with Gasteiger partial charge in [-0.1, -0.05) is 19.0 Å². The van der Waals surface area contributed by atoms with Crippen molar-refractivity contribution in [1.29, 1.82) is 0 Å². The van der Waals surface area contributed by atoms with E-state index in [0.717, 1.165) is 43.3 Å². The average Bonchev–Trinajstić information content (AvgIpc) is 2.93. The summed E-state index contributed by atoms with van der Waals surface area (Å²) < 4.78 is 5.20. The Morgan fingerprint density at radius 2 is 2.20 bits per heavy atom. The smallest absolute Gasteiger partial charge is 0.226 e. The Bertz CT molecular complexity index is 440. The molecule has 112 valence electrons. The second-order valence-corrected chi connectivity index (χ2v) is 6.37. The lowest BCUT2D eigenvalue weighted by Crippen LogP contribution is -2.42. The van der Waals surface area contributed by atoms with Crippen molar-refractivity contribution >= 4 is 17.7 Å². The van der Waals surface area contributed by atoms with Crippen molar-refractivity contribution in [3.8, 4) is 0 Å². The van der Waals surface area contributed by atoms with Crippen LogP contribution in [0.5, 0.6) is 0 Å². The topological polar surface area (TPSA) is 80.5 Å². The van der Waals surface area contributed by atoms with Crippen LogP contribution in [-0.4, -0.2) is 52.1 Å². The van der Waals surface area contributed by atoms with E-state index in [-0.39, 0.29) is 0 Å². The van der Waals surface area contributed by atoms with Crippen LogP contribution in [0.1, 0.15) is 37.9 Å². The summed E-state index contributed by atoms with van der Waals surface area (Å²) in [6.45, 7) is 6.81. The van der Waals surface area contributed by atoms with Crippen LogP contribution in [0.15, 0.2) is 9.52 Å². The first-order valence-corrected chi connectivity index (χ1v) is 8.27. The fourth-order valence-electron chi connectivity index (χ4n) is 1.92. The molecular formula is C13H23N5OS. The number of hydrogen-bond donors (Lipinski definition) is 1. The van der Waals surface area contributed by atoms with Crippen molar-refractivity contribution in [2.75, 3.05) is 31.1 Å². The van der Waals surface area contributed by atoms with Crippen LogP contribution in [-0.2, 0) is 6.42 Å². The maximum Gasteiger partial charge on any atom is 0.226 e. The molecule has 20 heavy (non-hydrogen) atoms. The molecule has 2 rings (SSSR count). The molecule has 1 aliphatic rings. The first kappa shape index (κ1) is 15.2. The van der Waals surface area contributed by atoms with Gasteiger partial charge in [-0.05, 0) is 6.42 Å². The van der Waals surface area contributed by atoms with Gasteiger partial charge < -0.3 is 15.2 Å². The molecule has 0 atom stereocenters. The zero-order valence-corrected chi connectivity index (χ0v) is 13.0. The van der Waals surface area contributed by atoms with Crippen LogP contribution in [0.3, 0.4) is 0 Å². The van der Waals surface area contributed by atoms with Gasteiger partial charge in [0.05, 0.1) is 0 Å². The molecule has 1 fully saturated rings. The molecule has 0 amide bonds. The molecule has 1 aromatic rings. The number of aromatic nitrogens is 2. The van der Waals surface area contributed by atoms with Crippen molar-refractivity contribution in [2.45, 2.75) is 32.6 Å². The summed E-state index contributed by atoms with van der Waals surface area (Å²) in [6.07, 6.45) is 1.63. The lowest BCUT2D eigenvalue weighted by molar-refractivity contribution is 0.369. The van der Waals surface area contributed by atoms with E-state index in [1.54, 1.807) is 0 Å². The highest BCUT2D eigenvalue weighted by atomic mass is 32.2. The molecule has 7 heteroatoms. The third-order valence-electron chi connectivity index (χ3n) is 3.16. The summed E-state index contributed by atoms with van der Waals surface area (Å²) in [5, 5.41) is 3.95. The molecule has 0 unspecified atom stereocenters. The SMILES string of the molecule is CC(C)c1noc(CCCN=C(N)N2CCSCC2)n1. The monoisotopic (exact) mass is 297 g/mol. The summed E-state index contributed by atoms with van der Waals surface area (Å²) >= 11 is 1.97. The Kier molecular flexibility index (Phi) is 5.70. The van der Waals surface area contributed by atoms with Crippen LogP contribution in [0.4, 0.5) is 0 Å².